The van der Waals surface area contributed by atoms with Crippen LogP contribution in [0.5, 0.6) is 0 Å². The number of hydrogen-bond acceptors (Lipinski definition) is 4. The molecule has 0 fully saturated rings. The third-order valence-electron chi connectivity index (χ3n) is 2.30. The van der Waals surface area contributed by atoms with Gasteiger partial charge in [0.2, 0.25) is 5.76 Å². The highest BCUT2D eigenvalue weighted by Crippen LogP contribution is 2.21. The van der Waals surface area contributed by atoms with Gasteiger partial charge in [0, 0.05) is 11.8 Å². The van der Waals surface area contributed by atoms with Crippen molar-refractivity contribution < 1.29 is 14.3 Å². The lowest BCUT2D eigenvalue weighted by atomic mass is 10.3. The van der Waals surface area contributed by atoms with Gasteiger partial charge in [-0.2, -0.15) is 0 Å². The van der Waals surface area contributed by atoms with Crippen LogP contribution in [-0.4, -0.2) is 16.1 Å². The number of nitrogens with zero attached hydrogens (tertiary/aromatic N) is 1. The molecule has 0 amide bonds. The third kappa shape index (κ3) is 2.44. The van der Waals surface area contributed by atoms with Crippen molar-refractivity contribution in [2.75, 3.05) is 5.32 Å². The molecular weight excluding hydrogens is 220 g/mol. The van der Waals surface area contributed by atoms with Crippen LogP contribution in [0.4, 0.5) is 11.6 Å². The van der Waals surface area contributed by atoms with Crippen LogP contribution in [0.2, 0.25) is 0 Å². The fourth-order valence-corrected chi connectivity index (χ4v) is 1.47. The third-order valence-corrected chi connectivity index (χ3v) is 2.30. The standard InChI is InChI=1S/C12H12N2O3/c1-7-3-4-9(8(2)13-7)14-11-6-5-10(17-11)12(15)16/h3-6,14H,1-2H3,(H,15,16). The molecule has 0 saturated carbocycles. The summed E-state index contributed by atoms with van der Waals surface area (Å²) >= 11 is 0. The average Bonchev–Trinajstić information content (AvgIpc) is 2.71. The summed E-state index contributed by atoms with van der Waals surface area (Å²) in [6.45, 7) is 3.78. The minimum atomic E-state index is -1.09. The van der Waals surface area contributed by atoms with Gasteiger partial charge in [0.1, 0.15) is 0 Å². The van der Waals surface area contributed by atoms with Gasteiger partial charge in [0.25, 0.3) is 0 Å². The van der Waals surface area contributed by atoms with E-state index in [9.17, 15) is 4.79 Å². The van der Waals surface area contributed by atoms with Gasteiger partial charge in [0.05, 0.1) is 11.4 Å². The second-order valence-electron chi connectivity index (χ2n) is 3.68. The molecule has 5 heteroatoms. The molecule has 2 rings (SSSR count). The van der Waals surface area contributed by atoms with Gasteiger partial charge in [-0.15, -0.1) is 0 Å². The largest absolute Gasteiger partial charge is 0.475 e. The average molecular weight is 232 g/mol. The molecule has 2 aromatic rings. The van der Waals surface area contributed by atoms with E-state index in [0.29, 0.717) is 5.88 Å². The first-order valence-corrected chi connectivity index (χ1v) is 5.10. The molecule has 0 bridgehead atoms. The van der Waals surface area contributed by atoms with Crippen LogP contribution in [0.3, 0.4) is 0 Å². The van der Waals surface area contributed by atoms with Crippen LogP contribution in [0, 0.1) is 13.8 Å². The first kappa shape index (κ1) is 11.2. The highest BCUT2D eigenvalue weighted by molar-refractivity contribution is 5.85. The van der Waals surface area contributed by atoms with Crippen molar-refractivity contribution in [2.24, 2.45) is 0 Å². The van der Waals surface area contributed by atoms with Gasteiger partial charge in [0.15, 0.2) is 5.88 Å². The zero-order valence-corrected chi connectivity index (χ0v) is 9.52. The summed E-state index contributed by atoms with van der Waals surface area (Å²) in [6.07, 6.45) is 0. The lowest BCUT2D eigenvalue weighted by Gasteiger charge is -2.06. The molecule has 2 N–H and O–H groups in total. The van der Waals surface area contributed by atoms with E-state index in [0.717, 1.165) is 17.1 Å². The number of pyridine rings is 1. The summed E-state index contributed by atoms with van der Waals surface area (Å²) in [6, 6.07) is 6.72. The summed E-state index contributed by atoms with van der Waals surface area (Å²) < 4.78 is 5.10. The number of carboxylic acids is 1. The number of aromatic carboxylic acids is 1. The molecule has 0 aliphatic heterocycles. The van der Waals surface area contributed by atoms with Crippen molar-refractivity contribution in [3.05, 3.63) is 41.4 Å². The Morgan fingerprint density at radius 1 is 1.29 bits per heavy atom. The van der Waals surface area contributed by atoms with Crippen molar-refractivity contribution in [1.82, 2.24) is 4.98 Å². The second-order valence-corrected chi connectivity index (χ2v) is 3.68. The van der Waals surface area contributed by atoms with Gasteiger partial charge < -0.3 is 14.8 Å². The minimum Gasteiger partial charge on any atom is -0.475 e. The van der Waals surface area contributed by atoms with Gasteiger partial charge >= 0.3 is 5.97 Å². The lowest BCUT2D eigenvalue weighted by molar-refractivity contribution is 0.0663. The lowest BCUT2D eigenvalue weighted by Crippen LogP contribution is -1.96. The zero-order chi connectivity index (χ0) is 12.4. The summed E-state index contributed by atoms with van der Waals surface area (Å²) in [5, 5.41) is 11.7. The highest BCUT2D eigenvalue weighted by atomic mass is 16.4. The number of carboxylic acid groups (broad SMARTS) is 1. The van der Waals surface area contributed by atoms with Gasteiger partial charge in [-0.3, -0.25) is 4.98 Å². The summed E-state index contributed by atoms with van der Waals surface area (Å²) in [5.41, 5.74) is 2.55. The second kappa shape index (κ2) is 4.29. The number of nitrogens with one attached hydrogen (secondary N) is 1. The van der Waals surface area contributed by atoms with Crippen LogP contribution in [0.25, 0.3) is 0 Å². The highest BCUT2D eigenvalue weighted by Gasteiger charge is 2.09. The summed E-state index contributed by atoms with van der Waals surface area (Å²) in [7, 11) is 0. The maximum absolute atomic E-state index is 10.6. The summed E-state index contributed by atoms with van der Waals surface area (Å²) in [4.78, 5) is 14.9. The Balaban J connectivity index is 2.22. The Morgan fingerprint density at radius 2 is 2.06 bits per heavy atom. The van der Waals surface area contributed by atoms with E-state index in [1.165, 1.54) is 6.07 Å². The predicted molar refractivity (Wildman–Crippen MR) is 62.7 cm³/mol. The Kier molecular flexibility index (Phi) is 2.82. The Morgan fingerprint density at radius 3 is 2.65 bits per heavy atom. The van der Waals surface area contributed by atoms with Crippen LogP contribution in [0.1, 0.15) is 21.9 Å². The molecule has 17 heavy (non-hydrogen) atoms. The van der Waals surface area contributed by atoms with Crippen LogP contribution < -0.4 is 5.32 Å². The van der Waals surface area contributed by atoms with Crippen molar-refractivity contribution in [3.63, 3.8) is 0 Å². The molecule has 5 nitrogen and oxygen atoms in total. The molecule has 2 aromatic heterocycles. The van der Waals surface area contributed by atoms with Gasteiger partial charge in [-0.05, 0) is 32.0 Å². The van der Waals surface area contributed by atoms with E-state index in [1.54, 1.807) is 6.07 Å². The van der Waals surface area contributed by atoms with E-state index in [4.69, 9.17) is 9.52 Å². The molecule has 2 heterocycles. The number of hydrogen-bond donors (Lipinski definition) is 2. The van der Waals surface area contributed by atoms with Crippen molar-refractivity contribution >= 4 is 17.5 Å². The SMILES string of the molecule is Cc1ccc(Nc2ccc(C(=O)O)o2)c(C)n1. The van der Waals surface area contributed by atoms with Crippen LogP contribution in [-0.2, 0) is 0 Å². The molecule has 0 aliphatic rings. The van der Waals surface area contributed by atoms with Crippen molar-refractivity contribution in [2.45, 2.75) is 13.8 Å². The number of aryl methyl sites for hydroxylation is 2. The molecule has 0 radical (unpaired) electrons. The number of anilines is 2. The van der Waals surface area contributed by atoms with Crippen molar-refractivity contribution in [3.8, 4) is 0 Å². The monoisotopic (exact) mass is 232 g/mol. The Bertz CT molecular complexity index is 561. The smallest absolute Gasteiger partial charge is 0.371 e. The van der Waals surface area contributed by atoms with E-state index in [1.807, 2.05) is 26.0 Å². The maximum Gasteiger partial charge on any atom is 0.371 e. The molecule has 0 spiro atoms. The predicted octanol–water partition coefficient (Wildman–Crippen LogP) is 2.73. The quantitative estimate of drug-likeness (QED) is 0.850. The molecule has 0 aliphatic carbocycles. The minimum absolute atomic E-state index is 0.0924. The summed E-state index contributed by atoms with van der Waals surface area (Å²) in [5.74, 6) is -0.793. The van der Waals surface area contributed by atoms with Crippen molar-refractivity contribution in [1.29, 1.82) is 0 Å². The molecule has 0 unspecified atom stereocenters. The Labute approximate surface area is 98.1 Å². The van der Waals surface area contributed by atoms with E-state index in [2.05, 4.69) is 10.3 Å². The van der Waals surface area contributed by atoms with E-state index < -0.39 is 5.97 Å². The number of rotatable bonds is 3. The van der Waals surface area contributed by atoms with E-state index >= 15 is 0 Å². The number of furan rings is 1. The molecule has 0 aromatic carbocycles. The zero-order valence-electron chi connectivity index (χ0n) is 9.52. The van der Waals surface area contributed by atoms with Crippen LogP contribution >= 0.6 is 0 Å². The normalized spacial score (nSPS) is 10.2. The molecule has 0 atom stereocenters. The van der Waals surface area contributed by atoms with Crippen LogP contribution in [0.15, 0.2) is 28.7 Å². The molecular formula is C12H12N2O3. The first-order chi connectivity index (χ1) is 8.06. The first-order valence-electron chi connectivity index (χ1n) is 5.10. The number of aromatic nitrogens is 1. The fraction of sp³-hybridized carbons (Fsp3) is 0.167. The Hall–Kier alpha value is -2.30. The topological polar surface area (TPSA) is 75.4 Å². The maximum atomic E-state index is 10.6. The van der Waals surface area contributed by atoms with Gasteiger partial charge in [-0.1, -0.05) is 0 Å². The number of carbonyl (C=O) groups is 1. The molecule has 88 valence electrons. The van der Waals surface area contributed by atoms with Gasteiger partial charge in [-0.25, -0.2) is 4.79 Å². The molecule has 0 saturated heterocycles. The fourth-order valence-electron chi connectivity index (χ4n) is 1.47. The van der Waals surface area contributed by atoms with E-state index in [-0.39, 0.29) is 5.76 Å².